The van der Waals surface area contributed by atoms with Gasteiger partial charge in [-0.2, -0.15) is 13.2 Å². The van der Waals surface area contributed by atoms with Crippen molar-refractivity contribution in [3.8, 4) is 0 Å². The molecular formula is C18H22F3N3O3S. The Morgan fingerprint density at radius 2 is 1.96 bits per heavy atom. The van der Waals surface area contributed by atoms with E-state index in [1.165, 1.54) is 23.5 Å². The maximum atomic E-state index is 12.7. The molecule has 1 aromatic carbocycles. The lowest BCUT2D eigenvalue weighted by Gasteiger charge is -2.25. The minimum absolute atomic E-state index is 0.314. The van der Waals surface area contributed by atoms with E-state index in [9.17, 15) is 23.4 Å². The van der Waals surface area contributed by atoms with Gasteiger partial charge in [-0.25, -0.2) is 4.98 Å². The summed E-state index contributed by atoms with van der Waals surface area (Å²) < 4.78 is 43.2. The molecule has 2 N–H and O–H groups in total. The number of aryl methyl sites for hydroxylation is 1. The highest BCUT2D eigenvalue weighted by atomic mass is 32.1. The van der Waals surface area contributed by atoms with Crippen molar-refractivity contribution < 1.29 is 28.1 Å². The van der Waals surface area contributed by atoms with Gasteiger partial charge in [0.2, 0.25) is 0 Å². The van der Waals surface area contributed by atoms with E-state index in [4.69, 9.17) is 4.74 Å². The highest BCUT2D eigenvalue weighted by Gasteiger charge is 2.34. The molecule has 2 aromatic rings. The van der Waals surface area contributed by atoms with Gasteiger partial charge in [-0.1, -0.05) is 23.5 Å². The van der Waals surface area contributed by atoms with Gasteiger partial charge < -0.3 is 19.8 Å². The molecule has 0 saturated carbocycles. The number of benzene rings is 1. The third-order valence-electron chi connectivity index (χ3n) is 4.52. The lowest BCUT2D eigenvalue weighted by Crippen LogP contribution is -2.38. The summed E-state index contributed by atoms with van der Waals surface area (Å²) in [6.45, 7) is 5.27. The van der Waals surface area contributed by atoms with Crippen molar-refractivity contribution in [2.75, 3.05) is 24.6 Å². The fraction of sp³-hybridized carbons (Fsp3) is 0.500. The Kier molecular flexibility index (Phi) is 6.25. The second-order valence-corrected chi connectivity index (χ2v) is 7.47. The van der Waals surface area contributed by atoms with Crippen molar-refractivity contribution in [1.29, 1.82) is 0 Å². The van der Waals surface area contributed by atoms with E-state index in [0.717, 1.165) is 12.1 Å². The molecule has 0 spiro atoms. The summed E-state index contributed by atoms with van der Waals surface area (Å²) in [5, 5.41) is 21.2. The Morgan fingerprint density at radius 3 is 2.57 bits per heavy atom. The first kappa shape index (κ1) is 21.0. The first-order chi connectivity index (χ1) is 13.2. The third-order valence-corrected chi connectivity index (χ3v) is 5.74. The molecule has 154 valence electrons. The molecule has 10 heteroatoms. The Labute approximate surface area is 164 Å². The van der Waals surface area contributed by atoms with Gasteiger partial charge in [0.25, 0.3) is 0 Å². The molecule has 2 unspecified atom stereocenters. The Balaban J connectivity index is 1.68. The number of aliphatic hydroxyl groups excluding tert-OH is 2. The summed E-state index contributed by atoms with van der Waals surface area (Å²) in [6.07, 6.45) is -6.38. The molecule has 1 saturated heterocycles. The fourth-order valence-electron chi connectivity index (χ4n) is 3.03. The smallest absolute Gasteiger partial charge is 0.364 e. The summed E-state index contributed by atoms with van der Waals surface area (Å²) >= 11 is 1.25. The van der Waals surface area contributed by atoms with Crippen molar-refractivity contribution >= 4 is 16.5 Å². The van der Waals surface area contributed by atoms with Gasteiger partial charge in [0.1, 0.15) is 0 Å². The number of nitrogens with zero attached hydrogens (tertiary/aromatic N) is 3. The molecule has 0 aliphatic carbocycles. The van der Waals surface area contributed by atoms with Crippen LogP contribution in [0.25, 0.3) is 0 Å². The van der Waals surface area contributed by atoms with Crippen molar-refractivity contribution in [3.05, 3.63) is 46.0 Å². The van der Waals surface area contributed by atoms with E-state index >= 15 is 0 Å². The van der Waals surface area contributed by atoms with Gasteiger partial charge >= 0.3 is 6.18 Å². The second-order valence-electron chi connectivity index (χ2n) is 6.46. The summed E-state index contributed by atoms with van der Waals surface area (Å²) in [5.41, 5.74) is 0.615. The monoisotopic (exact) mass is 417 g/mol. The van der Waals surface area contributed by atoms with Crippen molar-refractivity contribution in [1.82, 2.24) is 9.88 Å². The molecule has 2 atom stereocenters. The number of aliphatic hydroxyl groups is 2. The van der Waals surface area contributed by atoms with E-state index in [1.54, 1.807) is 23.6 Å². The molecule has 3 rings (SSSR count). The van der Waals surface area contributed by atoms with Crippen LogP contribution < -0.4 is 4.90 Å². The van der Waals surface area contributed by atoms with Crippen LogP contribution in [0.15, 0.2) is 24.3 Å². The van der Waals surface area contributed by atoms with Gasteiger partial charge in [0.15, 0.2) is 17.8 Å². The molecule has 6 nitrogen and oxygen atoms in total. The van der Waals surface area contributed by atoms with E-state index in [2.05, 4.69) is 4.98 Å². The number of halogens is 3. The normalized spacial score (nSPS) is 19.4. The van der Waals surface area contributed by atoms with Crippen molar-refractivity contribution in [2.45, 2.75) is 39.2 Å². The van der Waals surface area contributed by atoms with Gasteiger partial charge in [-0.3, -0.25) is 4.90 Å². The fourth-order valence-corrected chi connectivity index (χ4v) is 4.08. The van der Waals surface area contributed by atoms with E-state index in [1.807, 2.05) is 0 Å². The average Bonchev–Trinajstić information content (AvgIpc) is 3.18. The van der Waals surface area contributed by atoms with Crippen LogP contribution in [0.2, 0.25) is 0 Å². The molecule has 1 fully saturated rings. The highest BCUT2D eigenvalue weighted by molar-refractivity contribution is 7.15. The van der Waals surface area contributed by atoms with Crippen LogP contribution in [0.5, 0.6) is 0 Å². The zero-order valence-electron chi connectivity index (χ0n) is 15.5. The minimum Gasteiger partial charge on any atom is -0.364 e. The third kappa shape index (κ3) is 4.47. The van der Waals surface area contributed by atoms with Crippen LogP contribution >= 0.6 is 11.3 Å². The van der Waals surface area contributed by atoms with Crippen LogP contribution in [0.4, 0.5) is 18.3 Å². The second kappa shape index (κ2) is 8.34. The van der Waals surface area contributed by atoms with Crippen molar-refractivity contribution in [3.63, 3.8) is 0 Å². The highest BCUT2D eigenvalue weighted by Crippen LogP contribution is 2.34. The van der Waals surface area contributed by atoms with Crippen LogP contribution in [0.1, 0.15) is 34.9 Å². The SMILES string of the molecule is CCOC(O)c1sc(N2CCN(Cc3ccc(C(F)(F)F)cc3)C2O)nc1C. The number of hydrogen-bond acceptors (Lipinski definition) is 7. The maximum Gasteiger partial charge on any atom is 0.416 e. The summed E-state index contributed by atoms with van der Waals surface area (Å²) in [5.74, 6) is 0. The van der Waals surface area contributed by atoms with E-state index in [0.29, 0.717) is 47.5 Å². The van der Waals surface area contributed by atoms with Crippen LogP contribution in [-0.4, -0.2) is 46.1 Å². The molecular weight excluding hydrogens is 395 g/mol. The van der Waals surface area contributed by atoms with Crippen LogP contribution in [0.3, 0.4) is 0 Å². The number of rotatable bonds is 6. The molecule has 2 heterocycles. The Hall–Kier alpha value is -1.72. The quantitative estimate of drug-likeness (QED) is 0.704. The minimum atomic E-state index is -4.37. The van der Waals surface area contributed by atoms with Gasteiger partial charge in [0, 0.05) is 26.2 Å². The van der Waals surface area contributed by atoms with Crippen LogP contribution in [0, 0.1) is 6.92 Å². The number of alkyl halides is 3. The number of thiazole rings is 1. The molecule has 0 amide bonds. The predicted octanol–water partition coefficient (Wildman–Crippen LogP) is 3.10. The first-order valence-corrected chi connectivity index (χ1v) is 9.64. The zero-order valence-corrected chi connectivity index (χ0v) is 16.3. The molecule has 0 radical (unpaired) electrons. The van der Waals surface area contributed by atoms with Gasteiger partial charge in [0.05, 0.1) is 16.1 Å². The van der Waals surface area contributed by atoms with Gasteiger partial charge in [-0.05, 0) is 31.5 Å². The average molecular weight is 417 g/mol. The molecule has 0 bridgehead atoms. The number of aromatic nitrogens is 1. The summed E-state index contributed by atoms with van der Waals surface area (Å²) in [6, 6.07) is 4.92. The van der Waals surface area contributed by atoms with E-state index < -0.39 is 24.4 Å². The molecule has 1 aromatic heterocycles. The summed E-state index contributed by atoms with van der Waals surface area (Å²) in [7, 11) is 0. The number of anilines is 1. The van der Waals surface area contributed by atoms with Crippen LogP contribution in [-0.2, 0) is 17.5 Å². The Bertz CT molecular complexity index is 798. The Morgan fingerprint density at radius 1 is 1.29 bits per heavy atom. The predicted molar refractivity (Wildman–Crippen MR) is 98.6 cm³/mol. The van der Waals surface area contributed by atoms with E-state index in [-0.39, 0.29) is 0 Å². The lowest BCUT2D eigenvalue weighted by atomic mass is 10.1. The number of hydrogen-bond donors (Lipinski definition) is 2. The maximum absolute atomic E-state index is 12.7. The molecule has 1 aliphatic heterocycles. The molecule has 28 heavy (non-hydrogen) atoms. The molecule has 1 aliphatic rings. The van der Waals surface area contributed by atoms with Crippen molar-refractivity contribution in [2.24, 2.45) is 0 Å². The lowest BCUT2D eigenvalue weighted by molar-refractivity contribution is -0.137. The van der Waals surface area contributed by atoms with Gasteiger partial charge in [-0.15, -0.1) is 0 Å². The largest absolute Gasteiger partial charge is 0.416 e. The topological polar surface area (TPSA) is 69.1 Å². The first-order valence-electron chi connectivity index (χ1n) is 8.82. The summed E-state index contributed by atoms with van der Waals surface area (Å²) in [4.78, 5) is 8.45. The number of ether oxygens (including phenoxy) is 1. The zero-order chi connectivity index (χ0) is 20.5. The standard InChI is InChI=1S/C18H22F3N3O3S/c1-3-27-15(25)14-11(2)22-16(28-14)24-9-8-23(17(24)26)10-12-4-6-13(7-5-12)18(19,20)21/h4-7,15,17,25-26H,3,8-10H2,1-2H3.